The van der Waals surface area contributed by atoms with Crippen molar-refractivity contribution >= 4 is 0 Å². The summed E-state index contributed by atoms with van der Waals surface area (Å²) in [6, 6.07) is 9.90. The van der Waals surface area contributed by atoms with Gasteiger partial charge in [0.2, 0.25) is 0 Å². The second-order valence-electron chi connectivity index (χ2n) is 7.75. The van der Waals surface area contributed by atoms with Gasteiger partial charge in [-0.25, -0.2) is 0 Å². The van der Waals surface area contributed by atoms with Crippen LogP contribution in [-0.4, -0.2) is 6.54 Å². The molecule has 1 aliphatic rings. The smallest absolute Gasteiger partial charge is 0.0348 e. The molecule has 1 aromatic rings. The first-order chi connectivity index (χ1) is 9.95. The van der Waals surface area contributed by atoms with E-state index in [1.165, 1.54) is 36.8 Å². The van der Waals surface area contributed by atoms with Gasteiger partial charge in [0, 0.05) is 6.04 Å². The van der Waals surface area contributed by atoms with Crippen LogP contribution in [0.2, 0.25) is 0 Å². The number of rotatable bonds is 5. The molecule has 1 heteroatoms. The fourth-order valence-electron chi connectivity index (χ4n) is 3.75. The lowest BCUT2D eigenvalue weighted by molar-refractivity contribution is 0.359. The van der Waals surface area contributed by atoms with E-state index in [4.69, 9.17) is 0 Å². The molecule has 118 valence electrons. The summed E-state index contributed by atoms with van der Waals surface area (Å²) < 4.78 is 0. The SMILES string of the molecule is CCNC(c1ccc(C(C)(C)C)cc1)C1CCC(CC)C1. The fraction of sp³-hybridized carbons (Fsp3) is 0.700. The minimum Gasteiger partial charge on any atom is -0.310 e. The predicted molar refractivity (Wildman–Crippen MR) is 92.7 cm³/mol. The van der Waals surface area contributed by atoms with E-state index >= 15 is 0 Å². The molecule has 0 heterocycles. The first kappa shape index (κ1) is 16.5. The van der Waals surface area contributed by atoms with Crippen molar-refractivity contribution in [2.24, 2.45) is 11.8 Å². The summed E-state index contributed by atoms with van der Waals surface area (Å²) in [4.78, 5) is 0. The lowest BCUT2D eigenvalue weighted by atomic mass is 9.84. The van der Waals surface area contributed by atoms with Gasteiger partial charge in [-0.3, -0.25) is 0 Å². The molecule has 1 saturated carbocycles. The van der Waals surface area contributed by atoms with Crippen molar-refractivity contribution < 1.29 is 0 Å². The van der Waals surface area contributed by atoms with Crippen LogP contribution in [0.4, 0.5) is 0 Å². The molecule has 21 heavy (non-hydrogen) atoms. The zero-order valence-electron chi connectivity index (χ0n) is 14.6. The van der Waals surface area contributed by atoms with E-state index in [9.17, 15) is 0 Å². The highest BCUT2D eigenvalue weighted by molar-refractivity contribution is 5.29. The second kappa shape index (κ2) is 6.96. The van der Waals surface area contributed by atoms with Crippen molar-refractivity contribution in [3.05, 3.63) is 35.4 Å². The third kappa shape index (κ3) is 4.10. The van der Waals surface area contributed by atoms with Crippen LogP contribution in [0.3, 0.4) is 0 Å². The van der Waals surface area contributed by atoms with Crippen LogP contribution in [-0.2, 0) is 5.41 Å². The fourth-order valence-corrected chi connectivity index (χ4v) is 3.75. The number of hydrogen-bond acceptors (Lipinski definition) is 1. The molecule has 0 bridgehead atoms. The molecule has 0 amide bonds. The molecule has 0 spiro atoms. The lowest BCUT2D eigenvalue weighted by Crippen LogP contribution is -2.27. The van der Waals surface area contributed by atoms with Crippen molar-refractivity contribution in [2.75, 3.05) is 6.54 Å². The van der Waals surface area contributed by atoms with Crippen molar-refractivity contribution in [1.29, 1.82) is 0 Å². The maximum absolute atomic E-state index is 3.74. The van der Waals surface area contributed by atoms with E-state index in [-0.39, 0.29) is 5.41 Å². The summed E-state index contributed by atoms with van der Waals surface area (Å²) in [5.41, 5.74) is 3.15. The van der Waals surface area contributed by atoms with Gasteiger partial charge < -0.3 is 5.32 Å². The monoisotopic (exact) mass is 287 g/mol. The van der Waals surface area contributed by atoms with E-state index in [1.807, 2.05) is 0 Å². The Morgan fingerprint density at radius 2 is 1.76 bits per heavy atom. The Morgan fingerprint density at radius 1 is 1.10 bits per heavy atom. The van der Waals surface area contributed by atoms with Crippen LogP contribution in [0, 0.1) is 11.8 Å². The molecule has 3 unspecified atom stereocenters. The summed E-state index contributed by atoms with van der Waals surface area (Å²) in [5.74, 6) is 1.76. The quantitative estimate of drug-likeness (QED) is 0.758. The van der Waals surface area contributed by atoms with Gasteiger partial charge in [0.15, 0.2) is 0 Å². The summed E-state index contributed by atoms with van der Waals surface area (Å²) in [5, 5.41) is 3.74. The first-order valence-corrected chi connectivity index (χ1v) is 8.79. The summed E-state index contributed by atoms with van der Waals surface area (Å²) in [6.45, 7) is 12.5. The molecule has 1 N–H and O–H groups in total. The minimum absolute atomic E-state index is 0.243. The highest BCUT2D eigenvalue weighted by Gasteiger charge is 2.30. The average molecular weight is 287 g/mol. The van der Waals surface area contributed by atoms with Gasteiger partial charge in [-0.1, -0.05) is 71.7 Å². The van der Waals surface area contributed by atoms with E-state index < -0.39 is 0 Å². The number of nitrogens with one attached hydrogen (secondary N) is 1. The summed E-state index contributed by atoms with van der Waals surface area (Å²) >= 11 is 0. The zero-order valence-corrected chi connectivity index (χ0v) is 14.6. The molecule has 0 radical (unpaired) electrons. The average Bonchev–Trinajstić information content (AvgIpc) is 2.92. The molecular formula is C20H33N. The molecule has 2 rings (SSSR count). The Kier molecular flexibility index (Phi) is 5.48. The molecule has 1 fully saturated rings. The third-order valence-corrected chi connectivity index (χ3v) is 5.19. The van der Waals surface area contributed by atoms with Gasteiger partial charge in [0.25, 0.3) is 0 Å². The standard InChI is InChI=1S/C20H33N/c1-6-15-8-9-17(14-15)19(21-7-2)16-10-12-18(13-11-16)20(3,4)5/h10-13,15,17,19,21H,6-9,14H2,1-5H3. The molecule has 0 aromatic heterocycles. The van der Waals surface area contributed by atoms with Gasteiger partial charge in [-0.15, -0.1) is 0 Å². The molecule has 1 aromatic carbocycles. The molecule has 3 atom stereocenters. The van der Waals surface area contributed by atoms with E-state index in [1.54, 1.807) is 0 Å². The van der Waals surface area contributed by atoms with Gasteiger partial charge in [0.05, 0.1) is 0 Å². The van der Waals surface area contributed by atoms with Gasteiger partial charge in [0.1, 0.15) is 0 Å². The Hall–Kier alpha value is -0.820. The highest BCUT2D eigenvalue weighted by atomic mass is 14.9. The summed E-state index contributed by atoms with van der Waals surface area (Å²) in [6.07, 6.45) is 5.55. The van der Waals surface area contributed by atoms with E-state index in [2.05, 4.69) is 64.2 Å². The molecular weight excluding hydrogens is 254 g/mol. The van der Waals surface area contributed by atoms with Gasteiger partial charge in [-0.2, -0.15) is 0 Å². The largest absolute Gasteiger partial charge is 0.310 e. The molecule has 0 aliphatic heterocycles. The molecule has 1 nitrogen and oxygen atoms in total. The Labute approximate surface area is 131 Å². The van der Waals surface area contributed by atoms with Gasteiger partial charge in [-0.05, 0) is 47.8 Å². The first-order valence-electron chi connectivity index (χ1n) is 8.79. The number of hydrogen-bond donors (Lipinski definition) is 1. The topological polar surface area (TPSA) is 12.0 Å². The molecule has 0 saturated heterocycles. The zero-order chi connectivity index (χ0) is 15.5. The highest BCUT2D eigenvalue weighted by Crippen LogP contribution is 2.40. The van der Waals surface area contributed by atoms with Gasteiger partial charge >= 0.3 is 0 Å². The number of benzene rings is 1. The van der Waals surface area contributed by atoms with Crippen LogP contribution in [0.25, 0.3) is 0 Å². The van der Waals surface area contributed by atoms with Crippen LogP contribution in [0.5, 0.6) is 0 Å². The minimum atomic E-state index is 0.243. The summed E-state index contributed by atoms with van der Waals surface area (Å²) in [7, 11) is 0. The van der Waals surface area contributed by atoms with Crippen LogP contribution in [0.1, 0.15) is 77.5 Å². The second-order valence-corrected chi connectivity index (χ2v) is 7.75. The Balaban J connectivity index is 2.15. The van der Waals surface area contributed by atoms with E-state index in [0.717, 1.165) is 18.4 Å². The Morgan fingerprint density at radius 3 is 2.24 bits per heavy atom. The maximum atomic E-state index is 3.74. The molecule has 1 aliphatic carbocycles. The predicted octanol–water partition coefficient (Wildman–Crippen LogP) is 5.46. The van der Waals surface area contributed by atoms with Crippen LogP contribution >= 0.6 is 0 Å². The Bertz CT molecular complexity index is 426. The normalized spacial score (nSPS) is 24.2. The van der Waals surface area contributed by atoms with Crippen LogP contribution in [0.15, 0.2) is 24.3 Å². The van der Waals surface area contributed by atoms with Crippen LogP contribution < -0.4 is 5.32 Å². The van der Waals surface area contributed by atoms with Crippen molar-refractivity contribution in [3.63, 3.8) is 0 Å². The maximum Gasteiger partial charge on any atom is 0.0348 e. The third-order valence-electron chi connectivity index (χ3n) is 5.19. The van der Waals surface area contributed by atoms with Crippen molar-refractivity contribution in [2.45, 2.75) is 71.8 Å². The van der Waals surface area contributed by atoms with Crippen molar-refractivity contribution in [1.82, 2.24) is 5.32 Å². The lowest BCUT2D eigenvalue weighted by Gasteiger charge is -2.26. The van der Waals surface area contributed by atoms with E-state index in [0.29, 0.717) is 6.04 Å². The van der Waals surface area contributed by atoms with Crippen molar-refractivity contribution in [3.8, 4) is 0 Å².